The highest BCUT2D eigenvalue weighted by atomic mass is 19.4. The summed E-state index contributed by atoms with van der Waals surface area (Å²) in [6.07, 6.45) is 1.60. The van der Waals surface area contributed by atoms with Crippen LogP contribution in [0.1, 0.15) is 53.7 Å². The Morgan fingerprint density at radius 1 is 1.06 bits per heavy atom. The summed E-state index contributed by atoms with van der Waals surface area (Å²) in [5, 5.41) is 12.6. The van der Waals surface area contributed by atoms with E-state index in [9.17, 15) is 23.1 Å². The molecule has 0 spiro atoms. The fraction of sp³-hybridized carbons (Fsp3) is 0.320. The molecule has 0 atom stereocenters. The lowest BCUT2D eigenvalue weighted by Gasteiger charge is -2.24. The van der Waals surface area contributed by atoms with Gasteiger partial charge in [0, 0.05) is 11.9 Å². The first-order valence-corrected chi connectivity index (χ1v) is 11.0. The minimum absolute atomic E-state index is 0.0138. The van der Waals surface area contributed by atoms with E-state index in [2.05, 4.69) is 15.3 Å². The first kappa shape index (κ1) is 23.5. The smallest absolute Gasteiger partial charge is 0.433 e. The van der Waals surface area contributed by atoms with Gasteiger partial charge in [-0.05, 0) is 79.6 Å². The number of aromatic nitrogens is 2. The number of benzene rings is 2. The lowest BCUT2D eigenvalue weighted by molar-refractivity contribution is -0.141. The average Bonchev–Trinajstić information content (AvgIpc) is 2.79. The second-order valence-electron chi connectivity index (χ2n) is 8.37. The summed E-state index contributed by atoms with van der Waals surface area (Å²) >= 11 is 0. The predicted octanol–water partition coefficient (Wildman–Crippen LogP) is 6.62. The van der Waals surface area contributed by atoms with Gasteiger partial charge in [0.2, 0.25) is 5.95 Å². The van der Waals surface area contributed by atoms with Crippen molar-refractivity contribution in [3.05, 3.63) is 65.5 Å². The van der Waals surface area contributed by atoms with Crippen molar-refractivity contribution >= 4 is 17.6 Å². The third-order valence-corrected chi connectivity index (χ3v) is 5.67. The predicted molar refractivity (Wildman–Crippen MR) is 121 cm³/mol. The van der Waals surface area contributed by atoms with Gasteiger partial charge >= 0.3 is 12.1 Å². The Balaban J connectivity index is 1.62. The number of rotatable bonds is 6. The molecule has 9 heteroatoms. The zero-order valence-electron chi connectivity index (χ0n) is 18.5. The van der Waals surface area contributed by atoms with Gasteiger partial charge in [-0.3, -0.25) is 0 Å². The monoisotopic (exact) mass is 471 g/mol. The van der Waals surface area contributed by atoms with Crippen molar-refractivity contribution in [3.8, 4) is 16.9 Å². The number of aryl methyl sites for hydroxylation is 1. The van der Waals surface area contributed by atoms with Crippen LogP contribution in [0, 0.1) is 6.92 Å². The third-order valence-electron chi connectivity index (χ3n) is 5.67. The van der Waals surface area contributed by atoms with Crippen LogP contribution in [-0.2, 0) is 6.18 Å². The number of ether oxygens (including phenoxy) is 1. The Bertz CT molecular complexity index is 1190. The molecule has 6 nitrogen and oxygen atoms in total. The van der Waals surface area contributed by atoms with Crippen LogP contribution in [0.5, 0.6) is 5.75 Å². The van der Waals surface area contributed by atoms with Crippen LogP contribution in [0.2, 0.25) is 0 Å². The van der Waals surface area contributed by atoms with Gasteiger partial charge < -0.3 is 15.2 Å². The largest absolute Gasteiger partial charge is 0.490 e. The number of carboxylic acids is 1. The number of aromatic carboxylic acids is 1. The second kappa shape index (κ2) is 9.70. The number of carbonyl (C=O) groups is 1. The lowest BCUT2D eigenvalue weighted by atomic mass is 9.97. The van der Waals surface area contributed by atoms with Crippen LogP contribution < -0.4 is 10.1 Å². The van der Waals surface area contributed by atoms with Crippen LogP contribution >= 0.6 is 0 Å². The van der Waals surface area contributed by atoms with Gasteiger partial charge in [-0.15, -0.1) is 0 Å². The molecule has 0 amide bonds. The molecule has 1 aromatic heterocycles. The molecule has 0 radical (unpaired) electrons. The molecule has 34 heavy (non-hydrogen) atoms. The number of nitrogens with one attached hydrogen (secondary N) is 1. The maximum Gasteiger partial charge on any atom is 0.433 e. The summed E-state index contributed by atoms with van der Waals surface area (Å²) in [7, 11) is 0. The molecule has 4 rings (SSSR count). The van der Waals surface area contributed by atoms with E-state index >= 15 is 0 Å². The molecule has 1 aliphatic rings. The molecule has 1 fully saturated rings. The van der Waals surface area contributed by atoms with Crippen LogP contribution in [0.4, 0.5) is 24.8 Å². The number of alkyl halides is 3. The zero-order valence-corrected chi connectivity index (χ0v) is 18.5. The van der Waals surface area contributed by atoms with E-state index in [4.69, 9.17) is 4.74 Å². The molecule has 1 heterocycles. The molecular weight excluding hydrogens is 447 g/mol. The average molecular weight is 471 g/mol. The Kier molecular flexibility index (Phi) is 6.72. The van der Waals surface area contributed by atoms with Gasteiger partial charge in [-0.1, -0.05) is 18.6 Å². The molecule has 0 saturated heterocycles. The molecule has 0 aliphatic heterocycles. The Morgan fingerprint density at radius 2 is 1.82 bits per heavy atom. The van der Waals surface area contributed by atoms with Crippen molar-refractivity contribution in [2.45, 2.75) is 51.3 Å². The number of hydrogen-bond donors (Lipinski definition) is 2. The van der Waals surface area contributed by atoms with E-state index in [0.717, 1.165) is 43.5 Å². The minimum Gasteiger partial charge on any atom is -0.490 e. The van der Waals surface area contributed by atoms with Gasteiger partial charge in [0.15, 0.2) is 0 Å². The van der Waals surface area contributed by atoms with E-state index < -0.39 is 17.8 Å². The summed E-state index contributed by atoms with van der Waals surface area (Å²) in [6.45, 7) is 1.83. The van der Waals surface area contributed by atoms with E-state index in [0.29, 0.717) is 22.6 Å². The van der Waals surface area contributed by atoms with Crippen molar-refractivity contribution in [1.29, 1.82) is 0 Å². The number of halogens is 3. The molecule has 178 valence electrons. The SMILES string of the molecule is Cc1cc(Nc2nccc(C(F)(F)F)n2)cc(-c2ccc(OC3CCCCC3)c(C(=O)O)c2)c1. The molecular formula is C25H24F3N3O3. The van der Waals surface area contributed by atoms with Crippen LogP contribution in [0.15, 0.2) is 48.7 Å². The van der Waals surface area contributed by atoms with Gasteiger partial charge in [0.25, 0.3) is 0 Å². The number of hydrogen-bond acceptors (Lipinski definition) is 5. The maximum atomic E-state index is 13.0. The highest BCUT2D eigenvalue weighted by Gasteiger charge is 2.32. The maximum absolute atomic E-state index is 13.0. The minimum atomic E-state index is -4.58. The molecule has 2 N–H and O–H groups in total. The fourth-order valence-corrected chi connectivity index (χ4v) is 4.07. The molecule has 3 aromatic rings. The first-order chi connectivity index (χ1) is 16.2. The second-order valence-corrected chi connectivity index (χ2v) is 8.37. The van der Waals surface area contributed by atoms with Crippen LogP contribution in [0.3, 0.4) is 0 Å². The lowest BCUT2D eigenvalue weighted by Crippen LogP contribution is -2.20. The number of anilines is 2. The van der Waals surface area contributed by atoms with Crippen molar-refractivity contribution < 1.29 is 27.8 Å². The standard InChI is InChI=1S/C25H24F3N3O3/c1-15-11-17(13-18(12-15)30-24-29-10-9-22(31-24)25(26,27)28)16-7-8-21(20(14-16)23(32)33)34-19-5-3-2-4-6-19/h7-14,19H,2-6H2,1H3,(H,32,33)(H,29,30,31). The fourth-order valence-electron chi connectivity index (χ4n) is 4.07. The molecule has 0 unspecified atom stereocenters. The van der Waals surface area contributed by atoms with Gasteiger partial charge in [-0.2, -0.15) is 13.2 Å². The van der Waals surface area contributed by atoms with Crippen molar-refractivity contribution in [1.82, 2.24) is 9.97 Å². The number of carboxylic acid groups (broad SMARTS) is 1. The Hall–Kier alpha value is -3.62. The summed E-state index contributed by atoms with van der Waals surface area (Å²) < 4.78 is 44.9. The van der Waals surface area contributed by atoms with E-state index in [1.54, 1.807) is 30.3 Å². The summed E-state index contributed by atoms with van der Waals surface area (Å²) in [5.41, 5.74) is 1.67. The highest BCUT2D eigenvalue weighted by molar-refractivity contribution is 5.93. The van der Waals surface area contributed by atoms with Gasteiger partial charge in [0.05, 0.1) is 6.10 Å². The summed E-state index contributed by atoms with van der Waals surface area (Å²) in [6, 6.07) is 11.1. The molecule has 1 aliphatic carbocycles. The topological polar surface area (TPSA) is 84.3 Å². The first-order valence-electron chi connectivity index (χ1n) is 11.0. The molecule has 2 aromatic carbocycles. The normalized spacial score (nSPS) is 14.6. The zero-order chi connectivity index (χ0) is 24.3. The summed E-state index contributed by atoms with van der Waals surface area (Å²) in [5.74, 6) is -0.934. The van der Waals surface area contributed by atoms with E-state index in [1.807, 2.05) is 13.0 Å². The van der Waals surface area contributed by atoms with E-state index in [-0.39, 0.29) is 17.6 Å². The van der Waals surface area contributed by atoms with E-state index in [1.165, 1.54) is 6.42 Å². The molecule has 0 bridgehead atoms. The van der Waals surface area contributed by atoms with Gasteiger partial charge in [0.1, 0.15) is 17.0 Å². The Labute approximate surface area is 194 Å². The number of nitrogens with zero attached hydrogens (tertiary/aromatic N) is 2. The van der Waals surface area contributed by atoms with Crippen molar-refractivity contribution in [2.75, 3.05) is 5.32 Å². The highest BCUT2D eigenvalue weighted by Crippen LogP contribution is 2.33. The summed E-state index contributed by atoms with van der Waals surface area (Å²) in [4.78, 5) is 19.3. The Morgan fingerprint density at radius 3 is 2.53 bits per heavy atom. The van der Waals surface area contributed by atoms with Gasteiger partial charge in [-0.25, -0.2) is 14.8 Å². The third kappa shape index (κ3) is 5.65. The van der Waals surface area contributed by atoms with Crippen molar-refractivity contribution in [3.63, 3.8) is 0 Å². The molecule has 1 saturated carbocycles. The van der Waals surface area contributed by atoms with Crippen molar-refractivity contribution in [2.24, 2.45) is 0 Å². The van der Waals surface area contributed by atoms with Crippen LogP contribution in [-0.4, -0.2) is 27.1 Å². The quantitative estimate of drug-likeness (QED) is 0.420. The van der Waals surface area contributed by atoms with Crippen LogP contribution in [0.25, 0.3) is 11.1 Å².